The van der Waals surface area contributed by atoms with Crippen molar-refractivity contribution in [3.8, 4) is 0 Å². The minimum Gasteiger partial charge on any atom is -0.399 e. The first kappa shape index (κ1) is 15.3. The standard InChI is InChI=1S/C16H19N3OS/c1-11(2)18-16(20)19-13-5-9-15(10-6-13)21-14-7-3-12(17)4-8-14/h3-11H,17H2,1-2H3,(H2,18,19,20). The molecule has 0 aliphatic rings. The smallest absolute Gasteiger partial charge is 0.319 e. The first-order chi connectivity index (χ1) is 10.0. The fourth-order valence-electron chi connectivity index (χ4n) is 1.71. The van der Waals surface area contributed by atoms with Gasteiger partial charge < -0.3 is 16.4 Å². The number of anilines is 2. The summed E-state index contributed by atoms with van der Waals surface area (Å²) in [4.78, 5) is 13.8. The molecule has 5 heteroatoms. The van der Waals surface area contributed by atoms with Crippen LogP contribution in [0.4, 0.5) is 16.2 Å². The van der Waals surface area contributed by atoms with Gasteiger partial charge in [0.05, 0.1) is 0 Å². The van der Waals surface area contributed by atoms with Crippen LogP contribution in [0.25, 0.3) is 0 Å². The predicted molar refractivity (Wildman–Crippen MR) is 88.7 cm³/mol. The van der Waals surface area contributed by atoms with E-state index in [2.05, 4.69) is 10.6 Å². The molecule has 0 spiro atoms. The van der Waals surface area contributed by atoms with Crippen LogP contribution in [0.15, 0.2) is 58.3 Å². The number of nitrogens with one attached hydrogen (secondary N) is 2. The zero-order valence-electron chi connectivity index (χ0n) is 12.1. The SMILES string of the molecule is CC(C)NC(=O)Nc1ccc(Sc2ccc(N)cc2)cc1. The van der Waals surface area contributed by atoms with Gasteiger partial charge in [0.1, 0.15) is 0 Å². The Morgan fingerprint density at radius 1 is 1.00 bits per heavy atom. The Morgan fingerprint density at radius 2 is 1.52 bits per heavy atom. The van der Waals surface area contributed by atoms with E-state index in [0.717, 1.165) is 21.2 Å². The van der Waals surface area contributed by atoms with Crippen LogP contribution in [0.5, 0.6) is 0 Å². The Morgan fingerprint density at radius 3 is 2.05 bits per heavy atom. The van der Waals surface area contributed by atoms with Gasteiger partial charge in [0, 0.05) is 27.2 Å². The van der Waals surface area contributed by atoms with Crippen LogP contribution in [-0.2, 0) is 0 Å². The number of nitrogens with two attached hydrogens (primary N) is 1. The molecule has 21 heavy (non-hydrogen) atoms. The summed E-state index contributed by atoms with van der Waals surface area (Å²) in [6.45, 7) is 3.85. The van der Waals surface area contributed by atoms with Crippen LogP contribution in [0.1, 0.15) is 13.8 Å². The maximum absolute atomic E-state index is 11.6. The number of nitrogen functional groups attached to an aromatic ring is 1. The van der Waals surface area contributed by atoms with Crippen LogP contribution >= 0.6 is 11.8 Å². The van der Waals surface area contributed by atoms with Crippen molar-refractivity contribution in [2.75, 3.05) is 11.1 Å². The number of benzene rings is 2. The van der Waals surface area contributed by atoms with Crippen molar-refractivity contribution in [2.45, 2.75) is 29.7 Å². The maximum Gasteiger partial charge on any atom is 0.319 e. The third-order valence-corrected chi connectivity index (χ3v) is 3.66. The van der Waals surface area contributed by atoms with Crippen LogP contribution in [-0.4, -0.2) is 12.1 Å². The van der Waals surface area contributed by atoms with E-state index in [1.165, 1.54) is 0 Å². The highest BCUT2D eigenvalue weighted by molar-refractivity contribution is 7.99. The highest BCUT2D eigenvalue weighted by atomic mass is 32.2. The molecule has 0 saturated carbocycles. The average molecular weight is 301 g/mol. The molecular formula is C16H19N3OS. The molecule has 0 unspecified atom stereocenters. The number of carbonyl (C=O) groups excluding carboxylic acids is 1. The quantitative estimate of drug-likeness (QED) is 0.749. The summed E-state index contributed by atoms with van der Waals surface area (Å²) in [5, 5.41) is 5.58. The van der Waals surface area contributed by atoms with Gasteiger partial charge in [0.25, 0.3) is 0 Å². The lowest BCUT2D eigenvalue weighted by Gasteiger charge is -2.10. The fourth-order valence-corrected chi connectivity index (χ4v) is 2.52. The van der Waals surface area contributed by atoms with Gasteiger partial charge in [-0.15, -0.1) is 0 Å². The second kappa shape index (κ2) is 7.04. The molecule has 0 bridgehead atoms. The molecule has 2 amide bonds. The van der Waals surface area contributed by atoms with Crippen molar-refractivity contribution in [2.24, 2.45) is 0 Å². The minimum absolute atomic E-state index is 0.116. The summed E-state index contributed by atoms with van der Waals surface area (Å²) in [6, 6.07) is 15.4. The first-order valence-electron chi connectivity index (χ1n) is 6.74. The van der Waals surface area contributed by atoms with Crippen LogP contribution < -0.4 is 16.4 Å². The Labute approximate surface area is 129 Å². The zero-order valence-corrected chi connectivity index (χ0v) is 12.9. The molecule has 0 atom stereocenters. The summed E-state index contributed by atoms with van der Waals surface area (Å²) in [7, 11) is 0. The van der Waals surface area contributed by atoms with Crippen LogP contribution in [0.3, 0.4) is 0 Å². The minimum atomic E-state index is -0.191. The van der Waals surface area contributed by atoms with Gasteiger partial charge in [0.2, 0.25) is 0 Å². The molecule has 0 aliphatic heterocycles. The highest BCUT2D eigenvalue weighted by Gasteiger charge is 2.03. The lowest BCUT2D eigenvalue weighted by atomic mass is 10.3. The van der Waals surface area contributed by atoms with E-state index in [1.807, 2.05) is 62.4 Å². The molecule has 2 rings (SSSR count). The number of hydrogen-bond acceptors (Lipinski definition) is 3. The average Bonchev–Trinajstić information content (AvgIpc) is 2.42. The Bertz CT molecular complexity index is 594. The molecule has 0 radical (unpaired) electrons. The van der Waals surface area contributed by atoms with Gasteiger partial charge >= 0.3 is 6.03 Å². The Balaban J connectivity index is 1.95. The van der Waals surface area contributed by atoms with Crippen LogP contribution in [0, 0.1) is 0 Å². The lowest BCUT2D eigenvalue weighted by Crippen LogP contribution is -2.34. The molecule has 0 aliphatic carbocycles. The van der Waals surface area contributed by atoms with Crippen molar-refractivity contribution in [3.05, 3.63) is 48.5 Å². The van der Waals surface area contributed by atoms with Gasteiger partial charge in [-0.25, -0.2) is 4.79 Å². The largest absolute Gasteiger partial charge is 0.399 e. The van der Waals surface area contributed by atoms with Gasteiger partial charge in [-0.05, 0) is 62.4 Å². The molecule has 2 aromatic carbocycles. The van der Waals surface area contributed by atoms with E-state index in [0.29, 0.717) is 0 Å². The number of carbonyl (C=O) groups is 1. The maximum atomic E-state index is 11.6. The summed E-state index contributed by atoms with van der Waals surface area (Å²) in [5.74, 6) is 0. The molecule has 110 valence electrons. The van der Waals surface area contributed by atoms with Gasteiger partial charge in [-0.1, -0.05) is 11.8 Å². The molecule has 0 aromatic heterocycles. The summed E-state index contributed by atoms with van der Waals surface area (Å²) in [6.07, 6.45) is 0. The monoisotopic (exact) mass is 301 g/mol. The van der Waals surface area contributed by atoms with Crippen LogP contribution in [0.2, 0.25) is 0 Å². The number of rotatable bonds is 4. The highest BCUT2D eigenvalue weighted by Crippen LogP contribution is 2.28. The summed E-state index contributed by atoms with van der Waals surface area (Å²) in [5.41, 5.74) is 7.20. The van der Waals surface area contributed by atoms with Crippen molar-refractivity contribution in [1.82, 2.24) is 5.32 Å². The zero-order chi connectivity index (χ0) is 15.2. The van der Waals surface area contributed by atoms with E-state index >= 15 is 0 Å². The summed E-state index contributed by atoms with van der Waals surface area (Å²) < 4.78 is 0. The summed E-state index contributed by atoms with van der Waals surface area (Å²) >= 11 is 1.65. The number of hydrogen-bond donors (Lipinski definition) is 3. The second-order valence-corrected chi connectivity index (χ2v) is 6.10. The molecule has 2 aromatic rings. The normalized spacial score (nSPS) is 10.4. The van der Waals surface area contributed by atoms with Crippen molar-refractivity contribution in [3.63, 3.8) is 0 Å². The lowest BCUT2D eigenvalue weighted by molar-refractivity contribution is 0.250. The van der Waals surface area contributed by atoms with E-state index < -0.39 is 0 Å². The Hall–Kier alpha value is -2.14. The van der Waals surface area contributed by atoms with Crippen molar-refractivity contribution in [1.29, 1.82) is 0 Å². The van der Waals surface area contributed by atoms with Gasteiger partial charge in [-0.3, -0.25) is 0 Å². The fraction of sp³-hybridized carbons (Fsp3) is 0.188. The second-order valence-electron chi connectivity index (χ2n) is 4.95. The first-order valence-corrected chi connectivity index (χ1v) is 7.55. The van der Waals surface area contributed by atoms with Crippen molar-refractivity contribution < 1.29 is 4.79 Å². The third kappa shape index (κ3) is 5.04. The molecule has 4 nitrogen and oxygen atoms in total. The van der Waals surface area contributed by atoms with Gasteiger partial charge in [0.15, 0.2) is 0 Å². The number of urea groups is 1. The molecule has 0 fully saturated rings. The van der Waals surface area contributed by atoms with E-state index in [1.54, 1.807) is 11.8 Å². The van der Waals surface area contributed by atoms with Crippen molar-refractivity contribution >= 4 is 29.2 Å². The van der Waals surface area contributed by atoms with E-state index in [-0.39, 0.29) is 12.1 Å². The third-order valence-electron chi connectivity index (χ3n) is 2.65. The van der Waals surface area contributed by atoms with E-state index in [9.17, 15) is 4.79 Å². The number of amides is 2. The van der Waals surface area contributed by atoms with E-state index in [4.69, 9.17) is 5.73 Å². The molecule has 4 N–H and O–H groups in total. The molecule has 0 heterocycles. The topological polar surface area (TPSA) is 67.2 Å². The molecule has 0 saturated heterocycles. The van der Waals surface area contributed by atoms with Gasteiger partial charge in [-0.2, -0.15) is 0 Å². The Kier molecular flexibility index (Phi) is 5.11. The molecular weight excluding hydrogens is 282 g/mol. The predicted octanol–water partition coefficient (Wildman–Crippen LogP) is 3.95.